The van der Waals surface area contributed by atoms with Gasteiger partial charge in [-0.2, -0.15) is 0 Å². The van der Waals surface area contributed by atoms with Gasteiger partial charge in [0, 0.05) is 17.6 Å². The Bertz CT molecular complexity index is 193. The van der Waals surface area contributed by atoms with Gasteiger partial charge in [-0.1, -0.05) is 19.8 Å². The molecule has 2 rings (SSSR count). The predicted molar refractivity (Wildman–Crippen MR) is 53.5 cm³/mol. The number of halogens is 1. The summed E-state index contributed by atoms with van der Waals surface area (Å²) in [6, 6.07) is 4.07. The van der Waals surface area contributed by atoms with Crippen molar-refractivity contribution in [2.75, 3.05) is 5.88 Å². The van der Waals surface area contributed by atoms with E-state index in [2.05, 4.69) is 18.0 Å². The summed E-state index contributed by atoms with van der Waals surface area (Å²) in [4.78, 5) is 3.91. The van der Waals surface area contributed by atoms with Crippen LogP contribution in [0.25, 0.3) is 11.3 Å². The van der Waals surface area contributed by atoms with E-state index < -0.39 is 0 Å². The molecule has 0 aromatic heterocycles. The number of hydrogen-bond donors (Lipinski definition) is 0. The normalized spacial score (nSPS) is 10.2. The smallest absolute Gasteiger partial charge is 0.0717 e. The molecule has 0 spiro atoms. The molecule has 1 aliphatic carbocycles. The van der Waals surface area contributed by atoms with E-state index in [0.717, 1.165) is 5.88 Å². The lowest BCUT2D eigenvalue weighted by molar-refractivity contribution is 0.776. The van der Waals surface area contributed by atoms with E-state index in [1.807, 2.05) is 12.3 Å². The first-order chi connectivity index (χ1) is 5.88. The van der Waals surface area contributed by atoms with Gasteiger partial charge in [-0.15, -0.1) is 11.6 Å². The Labute approximate surface area is 78.8 Å². The van der Waals surface area contributed by atoms with E-state index in [0.29, 0.717) is 0 Å². The first kappa shape index (κ1) is 9.53. The highest BCUT2D eigenvalue weighted by Crippen LogP contribution is 2.25. The van der Waals surface area contributed by atoms with Gasteiger partial charge in [-0.05, 0) is 18.6 Å². The van der Waals surface area contributed by atoms with Crippen molar-refractivity contribution in [3.05, 3.63) is 18.3 Å². The quantitative estimate of drug-likeness (QED) is 0.525. The zero-order valence-electron chi connectivity index (χ0n) is 7.39. The first-order valence-electron chi connectivity index (χ1n) is 4.41. The van der Waals surface area contributed by atoms with Gasteiger partial charge in [0.1, 0.15) is 0 Å². The molecule has 1 aliphatic heterocycles. The standard InChI is InChI=1S/C5H11Cl.C5H3N/c1-2-3-4-5-6;1-2-5-4(1)3-6-5/h2-5H2,1H3;1-3H. The molecule has 1 heterocycles. The molecule has 0 radical (unpaired) electrons. The van der Waals surface area contributed by atoms with Crippen LogP contribution in [-0.2, 0) is 0 Å². The zero-order chi connectivity index (χ0) is 8.81. The lowest BCUT2D eigenvalue weighted by atomic mass is 10.1. The van der Waals surface area contributed by atoms with Crippen LogP contribution < -0.4 is 0 Å². The average Bonchev–Trinajstić information content (AvgIpc) is 2.09. The minimum Gasteiger partial charge on any atom is -0.256 e. The fourth-order valence-corrected chi connectivity index (χ4v) is 1.09. The third-order valence-corrected chi connectivity index (χ3v) is 2.06. The second kappa shape index (κ2) is 5.15. The fourth-order valence-electron chi connectivity index (χ4n) is 0.898. The maximum atomic E-state index is 5.38. The highest BCUT2D eigenvalue weighted by Gasteiger charge is 2.06. The van der Waals surface area contributed by atoms with Gasteiger partial charge >= 0.3 is 0 Å². The summed E-state index contributed by atoms with van der Waals surface area (Å²) in [6.45, 7) is 2.17. The molecular formula is C10H14ClN. The van der Waals surface area contributed by atoms with Crippen molar-refractivity contribution < 1.29 is 0 Å². The Kier molecular flexibility index (Phi) is 4.09. The molecule has 0 amide bonds. The summed E-state index contributed by atoms with van der Waals surface area (Å²) < 4.78 is 0. The fraction of sp³-hybridized carbons (Fsp3) is 0.500. The number of hydrogen-bond acceptors (Lipinski definition) is 1. The van der Waals surface area contributed by atoms with Crippen molar-refractivity contribution in [1.82, 2.24) is 4.98 Å². The van der Waals surface area contributed by atoms with E-state index >= 15 is 0 Å². The minimum atomic E-state index is 0.827. The number of alkyl halides is 1. The lowest BCUT2D eigenvalue weighted by Crippen LogP contribution is -1.92. The molecule has 12 heavy (non-hydrogen) atoms. The van der Waals surface area contributed by atoms with Crippen LogP contribution in [0.15, 0.2) is 18.3 Å². The van der Waals surface area contributed by atoms with E-state index in [9.17, 15) is 0 Å². The van der Waals surface area contributed by atoms with E-state index in [4.69, 9.17) is 11.6 Å². The van der Waals surface area contributed by atoms with Crippen molar-refractivity contribution >= 4 is 11.6 Å². The van der Waals surface area contributed by atoms with Gasteiger partial charge < -0.3 is 0 Å². The SMILES string of the molecule is CCCCCCl.c1cc2ncc1-2. The third kappa shape index (κ3) is 2.49. The molecule has 0 bridgehead atoms. The Balaban J connectivity index is 0.000000120. The summed E-state index contributed by atoms with van der Waals surface area (Å²) >= 11 is 5.38. The van der Waals surface area contributed by atoms with E-state index in [1.165, 1.54) is 30.5 Å². The summed E-state index contributed by atoms with van der Waals surface area (Å²) in [7, 11) is 0. The Morgan fingerprint density at radius 1 is 1.33 bits per heavy atom. The molecule has 2 aliphatic rings. The maximum absolute atomic E-state index is 5.38. The summed E-state index contributed by atoms with van der Waals surface area (Å²) in [5.74, 6) is 0.827. The largest absolute Gasteiger partial charge is 0.256 e. The van der Waals surface area contributed by atoms with Crippen LogP contribution in [0, 0.1) is 0 Å². The number of aromatic nitrogens is 1. The molecule has 0 atom stereocenters. The number of unbranched alkanes of at least 4 members (excludes halogenated alkanes) is 2. The molecule has 0 N–H and O–H groups in total. The van der Waals surface area contributed by atoms with Crippen LogP contribution >= 0.6 is 11.6 Å². The first-order valence-corrected chi connectivity index (χ1v) is 4.94. The molecule has 66 valence electrons. The van der Waals surface area contributed by atoms with E-state index in [-0.39, 0.29) is 0 Å². The monoisotopic (exact) mass is 183 g/mol. The summed E-state index contributed by atoms with van der Waals surface area (Å²) in [5, 5.41) is 0. The van der Waals surface area contributed by atoms with Crippen LogP contribution in [-0.4, -0.2) is 10.9 Å². The van der Waals surface area contributed by atoms with Crippen LogP contribution in [0.3, 0.4) is 0 Å². The number of fused-ring (bicyclic) bond motifs is 1. The average molecular weight is 184 g/mol. The van der Waals surface area contributed by atoms with Crippen LogP contribution in [0.4, 0.5) is 0 Å². The van der Waals surface area contributed by atoms with Crippen LogP contribution in [0.1, 0.15) is 26.2 Å². The van der Waals surface area contributed by atoms with Crippen molar-refractivity contribution in [1.29, 1.82) is 0 Å². The topological polar surface area (TPSA) is 12.9 Å². The molecule has 0 aromatic rings. The Hall–Kier alpha value is -0.560. The van der Waals surface area contributed by atoms with Crippen molar-refractivity contribution in [3.8, 4) is 11.3 Å². The Morgan fingerprint density at radius 2 is 2.08 bits per heavy atom. The van der Waals surface area contributed by atoms with Crippen LogP contribution in [0.5, 0.6) is 0 Å². The molecule has 0 saturated heterocycles. The maximum Gasteiger partial charge on any atom is 0.0717 e. The van der Waals surface area contributed by atoms with Gasteiger partial charge in [-0.3, -0.25) is 4.98 Å². The number of nitrogens with zero attached hydrogens (tertiary/aromatic N) is 1. The van der Waals surface area contributed by atoms with Gasteiger partial charge in [0.25, 0.3) is 0 Å². The van der Waals surface area contributed by atoms with Crippen molar-refractivity contribution in [2.24, 2.45) is 0 Å². The summed E-state index contributed by atoms with van der Waals surface area (Å²) in [5.41, 5.74) is 2.49. The zero-order valence-corrected chi connectivity index (χ0v) is 8.14. The van der Waals surface area contributed by atoms with E-state index in [1.54, 1.807) is 0 Å². The third-order valence-electron chi connectivity index (χ3n) is 1.80. The molecule has 1 nitrogen and oxygen atoms in total. The van der Waals surface area contributed by atoms with Gasteiger partial charge in [0.2, 0.25) is 0 Å². The molecule has 0 fully saturated rings. The van der Waals surface area contributed by atoms with Gasteiger partial charge in [-0.25, -0.2) is 0 Å². The minimum absolute atomic E-state index is 0.827. The number of pyridine rings is 1. The van der Waals surface area contributed by atoms with Crippen molar-refractivity contribution in [3.63, 3.8) is 0 Å². The second-order valence-electron chi connectivity index (χ2n) is 2.83. The lowest BCUT2D eigenvalue weighted by Gasteiger charge is -2.08. The molecular weight excluding hydrogens is 170 g/mol. The highest BCUT2D eigenvalue weighted by molar-refractivity contribution is 6.17. The van der Waals surface area contributed by atoms with Gasteiger partial charge in [0.15, 0.2) is 0 Å². The van der Waals surface area contributed by atoms with Gasteiger partial charge in [0.05, 0.1) is 5.69 Å². The molecule has 2 heteroatoms. The van der Waals surface area contributed by atoms with Crippen molar-refractivity contribution in [2.45, 2.75) is 26.2 Å². The highest BCUT2D eigenvalue weighted by atomic mass is 35.5. The molecule has 0 aromatic carbocycles. The summed E-state index contributed by atoms with van der Waals surface area (Å²) in [6.07, 6.45) is 5.60. The second-order valence-corrected chi connectivity index (χ2v) is 3.21. The molecule has 0 unspecified atom stereocenters. The van der Waals surface area contributed by atoms with Crippen LogP contribution in [0.2, 0.25) is 0 Å². The predicted octanol–water partition coefficient (Wildman–Crippen LogP) is 3.48. The Morgan fingerprint density at radius 3 is 2.17 bits per heavy atom. The number of rotatable bonds is 3. The molecule has 0 saturated carbocycles.